The maximum Gasteiger partial charge on any atom is 0.126 e. The van der Waals surface area contributed by atoms with Gasteiger partial charge in [-0.1, -0.05) is 0 Å². The average Bonchev–Trinajstić information content (AvgIpc) is 2.24. The minimum absolute atomic E-state index is 0.0106. The predicted molar refractivity (Wildman–Crippen MR) is 56.6 cm³/mol. The van der Waals surface area contributed by atoms with Gasteiger partial charge in [-0.25, -0.2) is 4.39 Å². The van der Waals surface area contributed by atoms with Crippen molar-refractivity contribution < 1.29 is 14.2 Å². The molecule has 2 N–H and O–H groups in total. The Labute approximate surface area is 88.9 Å². The number of benzene rings is 1. The van der Waals surface area contributed by atoms with Gasteiger partial charge < -0.3 is 15.2 Å². The van der Waals surface area contributed by atoms with E-state index >= 15 is 0 Å². The van der Waals surface area contributed by atoms with Gasteiger partial charge in [0.1, 0.15) is 18.2 Å². The Bertz CT molecular complexity index is 313. The Morgan fingerprint density at radius 1 is 1.53 bits per heavy atom. The molecule has 1 unspecified atom stereocenters. The molecule has 0 fully saturated rings. The van der Waals surface area contributed by atoms with Crippen molar-refractivity contribution in [2.24, 2.45) is 0 Å². The van der Waals surface area contributed by atoms with Gasteiger partial charge in [-0.2, -0.15) is 0 Å². The van der Waals surface area contributed by atoms with Gasteiger partial charge >= 0.3 is 0 Å². The molecule has 15 heavy (non-hydrogen) atoms. The van der Waals surface area contributed by atoms with Crippen molar-refractivity contribution in [2.45, 2.75) is 13.0 Å². The molecule has 4 heteroatoms. The first kappa shape index (κ1) is 11.9. The van der Waals surface area contributed by atoms with E-state index in [-0.39, 0.29) is 18.5 Å². The molecule has 0 spiro atoms. The number of rotatable bonds is 5. The van der Waals surface area contributed by atoms with E-state index in [0.29, 0.717) is 17.9 Å². The van der Waals surface area contributed by atoms with Crippen molar-refractivity contribution in [3.05, 3.63) is 29.6 Å². The molecular weight excluding hydrogens is 197 g/mol. The SMILES string of the molecule is CNC(CO)COc1ccc(F)c(C)c1. The van der Waals surface area contributed by atoms with Crippen molar-refractivity contribution in [3.63, 3.8) is 0 Å². The Morgan fingerprint density at radius 3 is 2.80 bits per heavy atom. The summed E-state index contributed by atoms with van der Waals surface area (Å²) in [5.74, 6) is 0.372. The summed E-state index contributed by atoms with van der Waals surface area (Å²) in [7, 11) is 1.75. The molecule has 0 aliphatic heterocycles. The lowest BCUT2D eigenvalue weighted by Gasteiger charge is -2.14. The highest BCUT2D eigenvalue weighted by Gasteiger charge is 2.05. The molecule has 0 heterocycles. The van der Waals surface area contributed by atoms with Crippen molar-refractivity contribution >= 4 is 0 Å². The normalized spacial score (nSPS) is 12.5. The van der Waals surface area contributed by atoms with Crippen LogP contribution in [0.4, 0.5) is 4.39 Å². The minimum Gasteiger partial charge on any atom is -0.492 e. The van der Waals surface area contributed by atoms with Crippen LogP contribution in [0.2, 0.25) is 0 Å². The molecule has 1 atom stereocenters. The van der Waals surface area contributed by atoms with Crippen LogP contribution in [-0.4, -0.2) is 31.4 Å². The average molecular weight is 213 g/mol. The molecule has 0 saturated heterocycles. The first-order chi connectivity index (χ1) is 7.17. The van der Waals surface area contributed by atoms with Crippen molar-refractivity contribution in [2.75, 3.05) is 20.3 Å². The second-order valence-electron chi connectivity index (χ2n) is 3.39. The third kappa shape index (κ3) is 3.49. The molecule has 0 amide bonds. The highest BCUT2D eigenvalue weighted by atomic mass is 19.1. The number of aryl methyl sites for hydroxylation is 1. The molecule has 0 radical (unpaired) electrons. The number of ether oxygens (including phenoxy) is 1. The van der Waals surface area contributed by atoms with Crippen LogP contribution in [0.5, 0.6) is 5.75 Å². The largest absolute Gasteiger partial charge is 0.492 e. The van der Waals surface area contributed by atoms with Crippen LogP contribution in [-0.2, 0) is 0 Å². The first-order valence-corrected chi connectivity index (χ1v) is 4.84. The van der Waals surface area contributed by atoms with Gasteiger partial charge in [0, 0.05) is 0 Å². The molecule has 0 aliphatic carbocycles. The number of halogens is 1. The van der Waals surface area contributed by atoms with Crippen LogP contribution in [0, 0.1) is 12.7 Å². The van der Waals surface area contributed by atoms with Crippen LogP contribution in [0.1, 0.15) is 5.56 Å². The summed E-state index contributed by atoms with van der Waals surface area (Å²) >= 11 is 0. The van der Waals surface area contributed by atoms with E-state index in [1.165, 1.54) is 6.07 Å². The second-order valence-corrected chi connectivity index (χ2v) is 3.39. The Morgan fingerprint density at radius 2 is 2.27 bits per heavy atom. The van der Waals surface area contributed by atoms with Gasteiger partial charge in [0.05, 0.1) is 12.6 Å². The molecular formula is C11H16FNO2. The number of hydrogen-bond acceptors (Lipinski definition) is 3. The number of hydrogen-bond donors (Lipinski definition) is 2. The van der Waals surface area contributed by atoms with E-state index in [0.717, 1.165) is 0 Å². The highest BCUT2D eigenvalue weighted by molar-refractivity contribution is 5.28. The summed E-state index contributed by atoms with van der Waals surface area (Å²) in [5, 5.41) is 11.8. The molecule has 0 saturated carbocycles. The monoisotopic (exact) mass is 213 g/mol. The van der Waals surface area contributed by atoms with E-state index in [1.807, 2.05) is 0 Å². The van der Waals surface area contributed by atoms with Crippen LogP contribution >= 0.6 is 0 Å². The lowest BCUT2D eigenvalue weighted by atomic mass is 10.2. The molecule has 1 aromatic rings. The fourth-order valence-electron chi connectivity index (χ4n) is 1.13. The van der Waals surface area contributed by atoms with Crippen LogP contribution in [0.3, 0.4) is 0 Å². The predicted octanol–water partition coefficient (Wildman–Crippen LogP) is 1.09. The fraction of sp³-hybridized carbons (Fsp3) is 0.455. The summed E-state index contributed by atoms with van der Waals surface area (Å²) in [4.78, 5) is 0. The van der Waals surface area contributed by atoms with E-state index in [4.69, 9.17) is 9.84 Å². The standard InChI is InChI=1S/C11H16FNO2/c1-8-5-10(3-4-11(8)12)15-7-9(6-14)13-2/h3-5,9,13-14H,6-7H2,1-2H3. The summed E-state index contributed by atoms with van der Waals surface area (Å²) in [6.07, 6.45) is 0. The quantitative estimate of drug-likeness (QED) is 0.769. The van der Waals surface area contributed by atoms with Gasteiger partial charge in [0.15, 0.2) is 0 Å². The third-order valence-electron chi connectivity index (χ3n) is 2.21. The number of likely N-dealkylation sites (N-methyl/N-ethyl adjacent to an activating group) is 1. The summed E-state index contributed by atoms with van der Waals surface area (Å²) < 4.78 is 18.3. The lowest BCUT2D eigenvalue weighted by molar-refractivity contribution is 0.188. The Kier molecular flexibility index (Phi) is 4.52. The molecule has 84 valence electrons. The highest BCUT2D eigenvalue weighted by Crippen LogP contribution is 2.15. The minimum atomic E-state index is -0.241. The van der Waals surface area contributed by atoms with Gasteiger partial charge in [0.2, 0.25) is 0 Å². The van der Waals surface area contributed by atoms with Crippen LogP contribution in [0.15, 0.2) is 18.2 Å². The van der Waals surface area contributed by atoms with E-state index in [9.17, 15) is 4.39 Å². The fourth-order valence-corrected chi connectivity index (χ4v) is 1.13. The van der Waals surface area contributed by atoms with Gasteiger partial charge in [-0.3, -0.25) is 0 Å². The molecule has 0 bridgehead atoms. The molecule has 1 rings (SSSR count). The van der Waals surface area contributed by atoms with Gasteiger partial charge in [-0.05, 0) is 37.7 Å². The lowest BCUT2D eigenvalue weighted by Crippen LogP contribution is -2.34. The zero-order valence-corrected chi connectivity index (χ0v) is 8.96. The van der Waals surface area contributed by atoms with Crippen molar-refractivity contribution in [1.82, 2.24) is 5.32 Å². The Balaban J connectivity index is 2.54. The Hall–Kier alpha value is -1.13. The topological polar surface area (TPSA) is 41.5 Å². The summed E-state index contributed by atoms with van der Waals surface area (Å²) in [6.45, 7) is 2.05. The zero-order valence-electron chi connectivity index (χ0n) is 8.96. The van der Waals surface area contributed by atoms with E-state index in [1.54, 1.807) is 26.1 Å². The number of aliphatic hydroxyl groups excluding tert-OH is 1. The van der Waals surface area contributed by atoms with Crippen LogP contribution < -0.4 is 10.1 Å². The van der Waals surface area contributed by atoms with Gasteiger partial charge in [-0.15, -0.1) is 0 Å². The maximum absolute atomic E-state index is 12.9. The number of nitrogens with one attached hydrogen (secondary N) is 1. The molecule has 1 aromatic carbocycles. The van der Waals surface area contributed by atoms with Crippen molar-refractivity contribution in [1.29, 1.82) is 0 Å². The summed E-state index contributed by atoms with van der Waals surface area (Å²) in [6, 6.07) is 4.49. The van der Waals surface area contributed by atoms with Crippen LogP contribution in [0.25, 0.3) is 0 Å². The summed E-state index contributed by atoms with van der Waals surface area (Å²) in [5.41, 5.74) is 0.553. The molecule has 0 aromatic heterocycles. The smallest absolute Gasteiger partial charge is 0.126 e. The van der Waals surface area contributed by atoms with Crippen molar-refractivity contribution in [3.8, 4) is 5.75 Å². The second kappa shape index (κ2) is 5.68. The van der Waals surface area contributed by atoms with E-state index < -0.39 is 0 Å². The molecule has 0 aliphatic rings. The maximum atomic E-state index is 12.9. The zero-order chi connectivity index (χ0) is 11.3. The number of aliphatic hydroxyl groups is 1. The first-order valence-electron chi connectivity index (χ1n) is 4.84. The molecule has 3 nitrogen and oxygen atoms in total. The third-order valence-corrected chi connectivity index (χ3v) is 2.21. The van der Waals surface area contributed by atoms with Gasteiger partial charge in [0.25, 0.3) is 0 Å². The van der Waals surface area contributed by atoms with E-state index in [2.05, 4.69) is 5.32 Å².